The summed E-state index contributed by atoms with van der Waals surface area (Å²) in [6.45, 7) is 3.96. The molecule has 3 nitrogen and oxygen atoms in total. The van der Waals surface area contributed by atoms with E-state index in [-0.39, 0.29) is 0 Å². The van der Waals surface area contributed by atoms with Crippen LogP contribution >= 0.6 is 15.9 Å². The Bertz CT molecular complexity index is 371. The molecule has 2 aliphatic rings. The normalized spacial score (nSPS) is 26.7. The van der Waals surface area contributed by atoms with Crippen molar-refractivity contribution in [1.29, 1.82) is 0 Å². The third-order valence-electron chi connectivity index (χ3n) is 3.84. The first kappa shape index (κ1) is 10.8. The Labute approximate surface area is 104 Å². The molecule has 1 fully saturated rings. The van der Waals surface area contributed by atoms with Crippen LogP contribution in [0.4, 0.5) is 0 Å². The Morgan fingerprint density at radius 2 is 2.12 bits per heavy atom. The number of hydrogen-bond donors (Lipinski definition) is 2. The van der Waals surface area contributed by atoms with Gasteiger partial charge in [-0.2, -0.15) is 0 Å². The molecule has 2 aliphatic heterocycles. The van der Waals surface area contributed by atoms with Crippen molar-refractivity contribution in [2.24, 2.45) is 5.92 Å². The Morgan fingerprint density at radius 1 is 1.31 bits per heavy atom. The van der Waals surface area contributed by atoms with E-state index in [1.165, 1.54) is 28.6 Å². The molecule has 3 heterocycles. The maximum Gasteiger partial charge on any atom is 0.0859 e. The monoisotopic (exact) mass is 284 g/mol. The molecule has 0 saturated carbocycles. The van der Waals surface area contributed by atoms with Gasteiger partial charge >= 0.3 is 0 Å². The largest absolute Gasteiger partial charge is 0.381 e. The fourth-order valence-electron chi connectivity index (χ4n) is 2.98. The van der Waals surface area contributed by atoms with Crippen LogP contribution in [0.2, 0.25) is 0 Å². The summed E-state index contributed by atoms with van der Waals surface area (Å²) in [4.78, 5) is 3.29. The summed E-state index contributed by atoms with van der Waals surface area (Å²) >= 11 is 3.64. The van der Waals surface area contributed by atoms with Crippen LogP contribution in [-0.4, -0.2) is 24.7 Å². The maximum absolute atomic E-state index is 5.45. The molecule has 16 heavy (non-hydrogen) atoms. The van der Waals surface area contributed by atoms with Crippen LogP contribution in [0, 0.1) is 5.92 Å². The third-order valence-corrected chi connectivity index (χ3v) is 4.50. The summed E-state index contributed by atoms with van der Waals surface area (Å²) in [6.07, 6.45) is 4.52. The zero-order valence-electron chi connectivity index (χ0n) is 9.26. The highest BCUT2D eigenvalue weighted by Gasteiger charge is 2.31. The van der Waals surface area contributed by atoms with Crippen molar-refractivity contribution in [3.8, 4) is 0 Å². The molecule has 4 heteroatoms. The van der Waals surface area contributed by atoms with Crippen molar-refractivity contribution in [3.63, 3.8) is 0 Å². The molecule has 88 valence electrons. The van der Waals surface area contributed by atoms with Gasteiger partial charge in [-0.25, -0.2) is 0 Å². The van der Waals surface area contributed by atoms with Crippen molar-refractivity contribution >= 4 is 15.9 Å². The third kappa shape index (κ3) is 1.83. The molecule has 3 rings (SSSR count). The molecule has 0 spiro atoms. The smallest absolute Gasteiger partial charge is 0.0859 e. The summed E-state index contributed by atoms with van der Waals surface area (Å²) in [5, 5.41) is 3.52. The molecular weight excluding hydrogens is 268 g/mol. The van der Waals surface area contributed by atoms with E-state index in [0.717, 1.165) is 32.2 Å². The quantitative estimate of drug-likeness (QED) is 0.831. The van der Waals surface area contributed by atoms with Crippen molar-refractivity contribution in [3.05, 3.63) is 21.9 Å². The van der Waals surface area contributed by atoms with Crippen LogP contribution < -0.4 is 5.32 Å². The predicted octanol–water partition coefficient (Wildman–Crippen LogP) is 2.39. The predicted molar refractivity (Wildman–Crippen MR) is 66.5 cm³/mol. The zero-order chi connectivity index (χ0) is 11.0. The molecule has 1 saturated heterocycles. The zero-order valence-corrected chi connectivity index (χ0v) is 10.8. The number of halogens is 1. The number of H-pyrrole nitrogens is 1. The molecule has 0 amide bonds. The first-order valence-electron chi connectivity index (χ1n) is 6.00. The Hall–Kier alpha value is -0.320. The molecule has 1 aromatic rings. The lowest BCUT2D eigenvalue weighted by molar-refractivity contribution is 0.0568. The SMILES string of the molecule is Brc1[nH]cc2c1C(C1CCOCC1)CNC2. The molecule has 0 aromatic carbocycles. The average Bonchev–Trinajstić information content (AvgIpc) is 2.73. The van der Waals surface area contributed by atoms with E-state index in [1.807, 2.05) is 0 Å². The number of hydrogen-bond acceptors (Lipinski definition) is 2. The van der Waals surface area contributed by atoms with Crippen LogP contribution in [0.25, 0.3) is 0 Å². The van der Waals surface area contributed by atoms with Gasteiger partial charge in [0.05, 0.1) is 4.60 Å². The molecule has 1 atom stereocenters. The summed E-state index contributed by atoms with van der Waals surface area (Å²) < 4.78 is 6.63. The van der Waals surface area contributed by atoms with Crippen molar-refractivity contribution in [1.82, 2.24) is 10.3 Å². The number of ether oxygens (including phenoxy) is 1. The van der Waals surface area contributed by atoms with Gasteiger partial charge in [0.2, 0.25) is 0 Å². The van der Waals surface area contributed by atoms with Crippen molar-refractivity contribution in [2.75, 3.05) is 19.8 Å². The van der Waals surface area contributed by atoms with Gasteiger partial charge < -0.3 is 15.0 Å². The van der Waals surface area contributed by atoms with Gasteiger partial charge in [-0.1, -0.05) is 0 Å². The number of aromatic amines is 1. The number of nitrogens with one attached hydrogen (secondary N) is 2. The Balaban J connectivity index is 1.88. The first-order chi connectivity index (χ1) is 7.86. The van der Waals surface area contributed by atoms with Crippen molar-refractivity contribution in [2.45, 2.75) is 25.3 Å². The number of rotatable bonds is 1. The van der Waals surface area contributed by atoms with Crippen LogP contribution in [0.3, 0.4) is 0 Å². The topological polar surface area (TPSA) is 37.0 Å². The second-order valence-corrected chi connectivity index (χ2v) is 5.52. The van der Waals surface area contributed by atoms with E-state index >= 15 is 0 Å². The minimum Gasteiger partial charge on any atom is -0.381 e. The minimum atomic E-state index is 0.647. The minimum absolute atomic E-state index is 0.647. The van der Waals surface area contributed by atoms with E-state index < -0.39 is 0 Å². The van der Waals surface area contributed by atoms with E-state index in [4.69, 9.17) is 4.74 Å². The molecule has 0 bridgehead atoms. The summed E-state index contributed by atoms with van der Waals surface area (Å²) in [6, 6.07) is 0. The van der Waals surface area contributed by atoms with E-state index in [9.17, 15) is 0 Å². The second-order valence-electron chi connectivity index (χ2n) is 4.73. The van der Waals surface area contributed by atoms with Gasteiger partial charge in [0.15, 0.2) is 0 Å². The van der Waals surface area contributed by atoms with E-state index in [2.05, 4.69) is 32.4 Å². The highest BCUT2D eigenvalue weighted by Crippen LogP contribution is 2.39. The van der Waals surface area contributed by atoms with Gasteiger partial charge in [-0.3, -0.25) is 0 Å². The molecule has 1 aromatic heterocycles. The highest BCUT2D eigenvalue weighted by molar-refractivity contribution is 9.10. The lowest BCUT2D eigenvalue weighted by Crippen LogP contribution is -2.34. The number of fused-ring (bicyclic) bond motifs is 1. The molecular formula is C12H17BrN2O. The van der Waals surface area contributed by atoms with Crippen LogP contribution in [0.15, 0.2) is 10.8 Å². The van der Waals surface area contributed by atoms with Crippen molar-refractivity contribution < 1.29 is 4.74 Å². The van der Waals surface area contributed by atoms with Gasteiger partial charge in [-0.15, -0.1) is 0 Å². The summed E-state index contributed by atoms with van der Waals surface area (Å²) in [5.41, 5.74) is 2.93. The average molecular weight is 285 g/mol. The molecule has 0 aliphatic carbocycles. The fourth-order valence-corrected chi connectivity index (χ4v) is 3.64. The lowest BCUT2D eigenvalue weighted by Gasteiger charge is -2.33. The second kappa shape index (κ2) is 4.51. The van der Waals surface area contributed by atoms with Crippen LogP contribution in [0.5, 0.6) is 0 Å². The van der Waals surface area contributed by atoms with E-state index in [0.29, 0.717) is 5.92 Å². The van der Waals surface area contributed by atoms with Crippen LogP contribution in [-0.2, 0) is 11.3 Å². The van der Waals surface area contributed by atoms with Gasteiger partial charge in [0.25, 0.3) is 0 Å². The highest BCUT2D eigenvalue weighted by atomic mass is 79.9. The van der Waals surface area contributed by atoms with Gasteiger partial charge in [0, 0.05) is 38.4 Å². The first-order valence-corrected chi connectivity index (χ1v) is 6.79. The Morgan fingerprint density at radius 3 is 2.94 bits per heavy atom. The number of aromatic nitrogens is 1. The lowest BCUT2D eigenvalue weighted by atomic mass is 9.79. The Kier molecular flexibility index (Phi) is 3.05. The molecule has 2 N–H and O–H groups in total. The van der Waals surface area contributed by atoms with E-state index in [1.54, 1.807) is 0 Å². The van der Waals surface area contributed by atoms with Gasteiger partial charge in [-0.05, 0) is 45.8 Å². The maximum atomic E-state index is 5.45. The molecule has 0 radical (unpaired) electrons. The standard InChI is InChI=1S/C12H17BrN2O/c13-12-11-9(6-15-12)5-14-7-10(11)8-1-3-16-4-2-8/h6,8,10,14-15H,1-5,7H2. The molecule has 1 unspecified atom stereocenters. The summed E-state index contributed by atoms with van der Waals surface area (Å²) in [7, 11) is 0. The van der Waals surface area contributed by atoms with Crippen LogP contribution in [0.1, 0.15) is 29.9 Å². The fraction of sp³-hybridized carbons (Fsp3) is 0.667. The summed E-state index contributed by atoms with van der Waals surface area (Å²) in [5.74, 6) is 1.42. The van der Waals surface area contributed by atoms with Gasteiger partial charge in [0.1, 0.15) is 0 Å².